The maximum Gasteiger partial charge on any atom is 0.320 e. The summed E-state index contributed by atoms with van der Waals surface area (Å²) < 4.78 is 0. The lowest BCUT2D eigenvalue weighted by molar-refractivity contribution is -0.383. The molecule has 0 amide bonds. The van der Waals surface area contributed by atoms with E-state index in [2.05, 4.69) is 4.98 Å². The fourth-order valence-electron chi connectivity index (χ4n) is 2.70. The van der Waals surface area contributed by atoms with Crippen LogP contribution in [0.15, 0.2) is 18.3 Å². The normalized spacial score (nSPS) is 16.0. The molecule has 1 saturated carbocycles. The van der Waals surface area contributed by atoms with Gasteiger partial charge in [-0.15, -0.1) is 0 Å². The summed E-state index contributed by atoms with van der Waals surface area (Å²) in [6, 6.07) is 2.52. The average molecular weight is 289 g/mol. The maximum atomic E-state index is 11.5. The van der Waals surface area contributed by atoms with Crippen LogP contribution in [-0.2, 0) is 11.2 Å². The molecule has 7 heteroatoms. The molecule has 21 heavy (non-hydrogen) atoms. The van der Waals surface area contributed by atoms with E-state index in [1.165, 1.54) is 0 Å². The summed E-state index contributed by atoms with van der Waals surface area (Å²) in [6.07, 6.45) is 3.59. The van der Waals surface area contributed by atoms with E-state index in [0.29, 0.717) is 16.5 Å². The largest absolute Gasteiger partial charge is 0.480 e. The molecule has 0 saturated heterocycles. The Morgan fingerprint density at radius 1 is 1.52 bits per heavy atom. The fraction of sp³-hybridized carbons (Fsp3) is 0.357. The Morgan fingerprint density at radius 3 is 2.81 bits per heavy atom. The van der Waals surface area contributed by atoms with Crippen molar-refractivity contribution in [2.75, 3.05) is 0 Å². The number of rotatable bonds is 5. The Labute approximate surface area is 119 Å². The van der Waals surface area contributed by atoms with E-state index in [1.807, 2.05) is 6.07 Å². The van der Waals surface area contributed by atoms with Crippen LogP contribution in [0.25, 0.3) is 10.9 Å². The highest BCUT2D eigenvalue weighted by Crippen LogP contribution is 2.46. The van der Waals surface area contributed by atoms with Gasteiger partial charge in [0, 0.05) is 18.2 Å². The molecule has 0 aliphatic heterocycles. The van der Waals surface area contributed by atoms with Gasteiger partial charge in [0.05, 0.1) is 15.8 Å². The minimum absolute atomic E-state index is 0.0598. The molecule has 0 bridgehead atoms. The van der Waals surface area contributed by atoms with E-state index in [1.54, 1.807) is 12.3 Å². The molecule has 1 aliphatic carbocycles. The third kappa shape index (κ3) is 2.36. The summed E-state index contributed by atoms with van der Waals surface area (Å²) >= 11 is 0. The zero-order chi connectivity index (χ0) is 15.1. The number of aliphatic carboxylic acids is 1. The number of nitrogens with one attached hydrogen (secondary N) is 1. The van der Waals surface area contributed by atoms with Crippen molar-refractivity contribution in [3.05, 3.63) is 39.6 Å². The van der Waals surface area contributed by atoms with Gasteiger partial charge >= 0.3 is 5.97 Å². The number of nitrogens with two attached hydrogens (primary N) is 1. The molecular formula is C14H15N3O4. The smallest absolute Gasteiger partial charge is 0.320 e. The molecule has 1 heterocycles. The quantitative estimate of drug-likeness (QED) is 0.573. The molecule has 0 spiro atoms. The Hall–Kier alpha value is -2.41. The zero-order valence-corrected chi connectivity index (χ0v) is 11.2. The van der Waals surface area contributed by atoms with Crippen LogP contribution in [-0.4, -0.2) is 27.0 Å². The van der Waals surface area contributed by atoms with Gasteiger partial charge < -0.3 is 15.8 Å². The van der Waals surface area contributed by atoms with Crippen molar-refractivity contribution in [2.45, 2.75) is 31.2 Å². The lowest BCUT2D eigenvalue weighted by Gasteiger charge is -2.07. The van der Waals surface area contributed by atoms with Gasteiger partial charge in [0.15, 0.2) is 0 Å². The summed E-state index contributed by atoms with van der Waals surface area (Å²) in [7, 11) is 0. The Balaban J connectivity index is 2.15. The van der Waals surface area contributed by atoms with Crippen LogP contribution in [0.5, 0.6) is 0 Å². The van der Waals surface area contributed by atoms with E-state index >= 15 is 0 Å². The summed E-state index contributed by atoms with van der Waals surface area (Å²) in [5, 5.41) is 20.9. The van der Waals surface area contributed by atoms with E-state index in [9.17, 15) is 14.9 Å². The van der Waals surface area contributed by atoms with E-state index in [4.69, 9.17) is 10.8 Å². The Bertz CT molecular complexity index is 733. The minimum atomic E-state index is -1.12. The van der Waals surface area contributed by atoms with Crippen molar-refractivity contribution in [2.24, 2.45) is 5.73 Å². The third-order valence-electron chi connectivity index (χ3n) is 3.89. The number of carbonyl (C=O) groups is 1. The average Bonchev–Trinajstić information content (AvgIpc) is 3.20. The lowest BCUT2D eigenvalue weighted by Crippen LogP contribution is -2.32. The van der Waals surface area contributed by atoms with E-state index in [0.717, 1.165) is 18.4 Å². The SMILES string of the molecule is NC(Cc1c[nH]c2ccc(C3CC3)c([N+](=O)[O-])c12)C(=O)O. The predicted molar refractivity (Wildman–Crippen MR) is 76.2 cm³/mol. The highest BCUT2D eigenvalue weighted by Gasteiger charge is 2.33. The van der Waals surface area contributed by atoms with Gasteiger partial charge in [0.25, 0.3) is 5.69 Å². The maximum absolute atomic E-state index is 11.5. The van der Waals surface area contributed by atoms with Crippen molar-refractivity contribution >= 4 is 22.6 Å². The van der Waals surface area contributed by atoms with Crippen LogP contribution in [0.4, 0.5) is 5.69 Å². The van der Waals surface area contributed by atoms with E-state index in [-0.39, 0.29) is 22.9 Å². The number of nitro benzene ring substituents is 1. The number of benzene rings is 1. The number of hydrogen-bond donors (Lipinski definition) is 3. The molecule has 7 nitrogen and oxygen atoms in total. The highest BCUT2D eigenvalue weighted by atomic mass is 16.6. The Morgan fingerprint density at radius 2 is 2.24 bits per heavy atom. The topological polar surface area (TPSA) is 122 Å². The number of nitrogens with zero attached hydrogens (tertiary/aromatic N) is 1. The first-order valence-corrected chi connectivity index (χ1v) is 6.74. The second kappa shape index (κ2) is 4.85. The molecule has 1 aromatic carbocycles. The molecule has 1 fully saturated rings. The van der Waals surface area contributed by atoms with Gasteiger partial charge in [0.2, 0.25) is 0 Å². The van der Waals surface area contributed by atoms with Crippen molar-refractivity contribution in [1.82, 2.24) is 4.98 Å². The minimum Gasteiger partial charge on any atom is -0.480 e. The van der Waals surface area contributed by atoms with Gasteiger partial charge in [-0.1, -0.05) is 0 Å². The lowest BCUT2D eigenvalue weighted by atomic mass is 9.99. The molecule has 2 aromatic rings. The first kappa shape index (κ1) is 13.6. The summed E-state index contributed by atoms with van der Waals surface area (Å²) in [4.78, 5) is 25.0. The first-order valence-electron chi connectivity index (χ1n) is 6.74. The van der Waals surface area contributed by atoms with Gasteiger partial charge in [-0.3, -0.25) is 14.9 Å². The van der Waals surface area contributed by atoms with Crippen molar-refractivity contribution in [3.8, 4) is 0 Å². The number of H-pyrrole nitrogens is 1. The number of aromatic nitrogens is 1. The van der Waals surface area contributed by atoms with Gasteiger partial charge in [0.1, 0.15) is 6.04 Å². The molecular weight excluding hydrogens is 274 g/mol. The molecule has 0 radical (unpaired) electrons. The number of aromatic amines is 1. The molecule has 1 aliphatic rings. The van der Waals surface area contributed by atoms with Crippen LogP contribution < -0.4 is 5.73 Å². The number of carboxylic acid groups (broad SMARTS) is 1. The number of nitro groups is 1. The molecule has 1 atom stereocenters. The van der Waals surface area contributed by atoms with Crippen LogP contribution in [0.3, 0.4) is 0 Å². The number of carboxylic acids is 1. The van der Waals surface area contributed by atoms with Crippen LogP contribution in [0.1, 0.15) is 29.9 Å². The third-order valence-corrected chi connectivity index (χ3v) is 3.89. The molecule has 4 N–H and O–H groups in total. The molecule has 3 rings (SSSR count). The first-order chi connectivity index (χ1) is 9.99. The molecule has 110 valence electrons. The molecule has 1 aromatic heterocycles. The standard InChI is InChI=1S/C14H15N3O4/c15-10(14(18)19)5-8-6-16-11-4-3-9(7-1-2-7)13(12(8)11)17(20)21/h3-4,6-7,10,16H,1-2,5,15H2,(H,18,19). The zero-order valence-electron chi connectivity index (χ0n) is 11.2. The van der Waals surface area contributed by atoms with Crippen LogP contribution >= 0.6 is 0 Å². The van der Waals surface area contributed by atoms with Gasteiger partial charge in [-0.05, 0) is 36.5 Å². The fourth-order valence-corrected chi connectivity index (χ4v) is 2.70. The van der Waals surface area contributed by atoms with Crippen LogP contribution in [0.2, 0.25) is 0 Å². The summed E-state index contributed by atoms with van der Waals surface area (Å²) in [5.41, 5.74) is 7.59. The summed E-state index contributed by atoms with van der Waals surface area (Å²) in [5.74, 6) is -0.879. The van der Waals surface area contributed by atoms with Gasteiger partial charge in [-0.25, -0.2) is 0 Å². The van der Waals surface area contributed by atoms with E-state index < -0.39 is 12.0 Å². The van der Waals surface area contributed by atoms with Gasteiger partial charge in [-0.2, -0.15) is 0 Å². The number of hydrogen-bond acceptors (Lipinski definition) is 4. The van der Waals surface area contributed by atoms with Crippen molar-refractivity contribution < 1.29 is 14.8 Å². The predicted octanol–water partition coefficient (Wildman–Crippen LogP) is 1.91. The number of fused-ring (bicyclic) bond motifs is 1. The monoisotopic (exact) mass is 289 g/mol. The Kier molecular flexibility index (Phi) is 3.13. The van der Waals surface area contributed by atoms with Crippen molar-refractivity contribution in [1.29, 1.82) is 0 Å². The second-order valence-corrected chi connectivity index (χ2v) is 5.42. The van der Waals surface area contributed by atoms with Crippen LogP contribution in [0, 0.1) is 10.1 Å². The second-order valence-electron chi connectivity index (χ2n) is 5.42. The van der Waals surface area contributed by atoms with Crippen molar-refractivity contribution in [3.63, 3.8) is 0 Å². The molecule has 1 unspecified atom stereocenters. The highest BCUT2D eigenvalue weighted by molar-refractivity contribution is 5.94. The summed E-state index contributed by atoms with van der Waals surface area (Å²) in [6.45, 7) is 0.